The van der Waals surface area contributed by atoms with Crippen LogP contribution in [0.1, 0.15) is 24.8 Å². The van der Waals surface area contributed by atoms with Crippen LogP contribution in [-0.4, -0.2) is 37.8 Å². The fraction of sp³-hybridized carbons (Fsp3) is 0.615. The van der Waals surface area contributed by atoms with Gasteiger partial charge in [-0.05, 0) is 31.4 Å². The fourth-order valence-corrected chi connectivity index (χ4v) is 4.12. The van der Waals surface area contributed by atoms with Crippen LogP contribution in [0, 0.1) is 0 Å². The Bertz CT molecular complexity index is 641. The number of hydrogen-bond donors (Lipinski definition) is 1. The summed E-state index contributed by atoms with van der Waals surface area (Å²) in [5.41, 5.74) is -0.790. The van der Waals surface area contributed by atoms with E-state index in [1.807, 2.05) is 0 Å². The molecule has 5 nitrogen and oxygen atoms in total. The molecule has 1 saturated heterocycles. The quantitative estimate of drug-likeness (QED) is 0.911. The van der Waals surface area contributed by atoms with E-state index >= 15 is 0 Å². The number of nitrogens with zero attached hydrogens (tertiary/aromatic N) is 2. The molecule has 0 amide bonds. The summed E-state index contributed by atoms with van der Waals surface area (Å²) < 4.78 is 63.9. The van der Waals surface area contributed by atoms with E-state index in [0.29, 0.717) is 38.2 Å². The molecule has 1 N–H and O–H groups in total. The second-order valence-electron chi connectivity index (χ2n) is 5.70. The van der Waals surface area contributed by atoms with Crippen molar-refractivity contribution in [3.8, 4) is 0 Å². The van der Waals surface area contributed by atoms with Crippen molar-refractivity contribution in [2.45, 2.75) is 36.7 Å². The summed E-state index contributed by atoms with van der Waals surface area (Å²) >= 11 is 0. The van der Waals surface area contributed by atoms with E-state index < -0.39 is 21.8 Å². The van der Waals surface area contributed by atoms with Crippen molar-refractivity contribution in [1.29, 1.82) is 0 Å². The van der Waals surface area contributed by atoms with E-state index in [1.165, 1.54) is 6.07 Å². The summed E-state index contributed by atoms with van der Waals surface area (Å²) in [6, 6.07) is 2.10. The zero-order valence-corrected chi connectivity index (χ0v) is 12.5. The summed E-state index contributed by atoms with van der Waals surface area (Å²) in [4.78, 5) is 5.63. The van der Waals surface area contributed by atoms with Gasteiger partial charge in [-0.3, -0.25) is 0 Å². The maximum absolute atomic E-state index is 12.5. The van der Waals surface area contributed by atoms with E-state index in [4.69, 9.17) is 0 Å². The molecule has 1 aromatic heterocycles. The molecule has 2 aliphatic rings. The largest absolute Gasteiger partial charge is 0.417 e. The van der Waals surface area contributed by atoms with E-state index in [2.05, 4.69) is 9.71 Å². The third kappa shape index (κ3) is 3.35. The number of anilines is 1. The fourth-order valence-electron chi connectivity index (χ4n) is 2.51. The highest BCUT2D eigenvalue weighted by atomic mass is 32.2. The number of aromatic nitrogens is 1. The van der Waals surface area contributed by atoms with Crippen molar-refractivity contribution >= 4 is 15.8 Å². The van der Waals surface area contributed by atoms with Crippen LogP contribution < -0.4 is 9.62 Å². The Balaban J connectivity index is 1.62. The second-order valence-corrected chi connectivity index (χ2v) is 7.69. The van der Waals surface area contributed by atoms with E-state index in [0.717, 1.165) is 12.3 Å². The summed E-state index contributed by atoms with van der Waals surface area (Å²) in [6.45, 7) is 0.987. The first kappa shape index (κ1) is 15.5. The second kappa shape index (κ2) is 5.38. The van der Waals surface area contributed by atoms with Gasteiger partial charge in [0.2, 0.25) is 10.0 Å². The normalized spacial score (nSPS) is 23.0. The molecule has 1 atom stereocenters. The molecule has 22 heavy (non-hydrogen) atoms. The average Bonchev–Trinajstić information content (AvgIpc) is 3.20. The molecule has 0 aromatic carbocycles. The predicted octanol–water partition coefficient (Wildman–Crippen LogP) is 1.76. The van der Waals surface area contributed by atoms with Crippen molar-refractivity contribution in [3.05, 3.63) is 23.9 Å². The van der Waals surface area contributed by atoms with Gasteiger partial charge in [-0.25, -0.2) is 18.1 Å². The first-order valence-corrected chi connectivity index (χ1v) is 8.60. The van der Waals surface area contributed by atoms with Crippen LogP contribution in [0.25, 0.3) is 0 Å². The highest BCUT2D eigenvalue weighted by Gasteiger charge is 2.38. The molecule has 2 fully saturated rings. The first-order valence-electron chi connectivity index (χ1n) is 7.05. The number of nitrogens with one attached hydrogen (secondary N) is 1. The Labute approximate surface area is 126 Å². The summed E-state index contributed by atoms with van der Waals surface area (Å²) in [6.07, 6.45) is -1.58. The first-order chi connectivity index (χ1) is 10.3. The molecule has 9 heteroatoms. The van der Waals surface area contributed by atoms with Gasteiger partial charge in [0.25, 0.3) is 0 Å². The number of pyridine rings is 1. The number of sulfonamides is 1. The number of rotatable bonds is 4. The predicted molar refractivity (Wildman–Crippen MR) is 74.9 cm³/mol. The Morgan fingerprint density at radius 1 is 1.23 bits per heavy atom. The maximum atomic E-state index is 12.5. The SMILES string of the molecule is O=S(=O)(NC1CCN(c2ccc(C(F)(F)F)cn2)C1)C1CC1. The molecule has 2 heterocycles. The molecule has 0 bridgehead atoms. The molecule has 1 aliphatic carbocycles. The molecular formula is C13H16F3N3O2S. The van der Waals surface area contributed by atoms with Gasteiger partial charge >= 0.3 is 6.18 Å². The topological polar surface area (TPSA) is 62.3 Å². The molecular weight excluding hydrogens is 319 g/mol. The zero-order valence-electron chi connectivity index (χ0n) is 11.7. The summed E-state index contributed by atoms with van der Waals surface area (Å²) in [5, 5.41) is -0.272. The van der Waals surface area contributed by atoms with Crippen LogP contribution in [0.2, 0.25) is 0 Å². The molecule has 1 unspecified atom stereocenters. The lowest BCUT2D eigenvalue weighted by molar-refractivity contribution is -0.137. The van der Waals surface area contributed by atoms with Gasteiger partial charge < -0.3 is 4.90 Å². The number of hydrogen-bond acceptors (Lipinski definition) is 4. The summed E-state index contributed by atoms with van der Waals surface area (Å²) in [7, 11) is -3.25. The minimum absolute atomic E-state index is 0.213. The van der Waals surface area contributed by atoms with Crippen LogP contribution >= 0.6 is 0 Å². The van der Waals surface area contributed by atoms with Crippen LogP contribution in [0.4, 0.5) is 19.0 Å². The van der Waals surface area contributed by atoms with Crippen molar-refractivity contribution in [2.24, 2.45) is 0 Å². The van der Waals surface area contributed by atoms with E-state index in [1.54, 1.807) is 4.90 Å². The zero-order chi connectivity index (χ0) is 16.0. The third-order valence-electron chi connectivity index (χ3n) is 3.88. The van der Waals surface area contributed by atoms with Crippen molar-refractivity contribution in [2.75, 3.05) is 18.0 Å². The van der Waals surface area contributed by atoms with Crippen molar-refractivity contribution < 1.29 is 21.6 Å². The standard InChI is InChI=1S/C13H16F3N3O2S/c14-13(15,16)9-1-4-12(17-7-9)19-6-5-10(8-19)18-22(20,21)11-2-3-11/h1,4,7,10-11,18H,2-3,5-6,8H2. The minimum Gasteiger partial charge on any atom is -0.355 e. The number of alkyl halides is 3. The lowest BCUT2D eigenvalue weighted by atomic mass is 10.3. The van der Waals surface area contributed by atoms with E-state index in [9.17, 15) is 21.6 Å². The molecule has 0 radical (unpaired) electrons. The highest BCUT2D eigenvalue weighted by Crippen LogP contribution is 2.31. The van der Waals surface area contributed by atoms with E-state index in [-0.39, 0.29) is 11.3 Å². The van der Waals surface area contributed by atoms with Crippen LogP contribution in [-0.2, 0) is 16.2 Å². The van der Waals surface area contributed by atoms with Gasteiger partial charge in [-0.15, -0.1) is 0 Å². The van der Waals surface area contributed by atoms with Gasteiger partial charge in [0.1, 0.15) is 5.82 Å². The molecule has 3 rings (SSSR count). The molecule has 1 aliphatic heterocycles. The maximum Gasteiger partial charge on any atom is 0.417 e. The smallest absolute Gasteiger partial charge is 0.355 e. The van der Waals surface area contributed by atoms with Crippen LogP contribution in [0.3, 0.4) is 0 Å². The van der Waals surface area contributed by atoms with Gasteiger partial charge in [0, 0.05) is 25.3 Å². The van der Waals surface area contributed by atoms with Crippen LogP contribution in [0.5, 0.6) is 0 Å². The van der Waals surface area contributed by atoms with Gasteiger partial charge in [-0.2, -0.15) is 13.2 Å². The Morgan fingerprint density at radius 2 is 1.95 bits per heavy atom. The average molecular weight is 335 g/mol. The van der Waals surface area contributed by atoms with Crippen LogP contribution in [0.15, 0.2) is 18.3 Å². The molecule has 0 spiro atoms. The van der Waals surface area contributed by atoms with Gasteiger partial charge in [0.15, 0.2) is 0 Å². The highest BCUT2D eigenvalue weighted by molar-refractivity contribution is 7.90. The monoisotopic (exact) mass is 335 g/mol. The third-order valence-corrected chi connectivity index (χ3v) is 5.89. The Kier molecular flexibility index (Phi) is 3.80. The molecule has 1 aromatic rings. The van der Waals surface area contributed by atoms with Gasteiger partial charge in [-0.1, -0.05) is 0 Å². The molecule has 122 valence electrons. The number of halogens is 3. The minimum atomic E-state index is -4.40. The lowest BCUT2D eigenvalue weighted by Crippen LogP contribution is -2.39. The van der Waals surface area contributed by atoms with Crippen molar-refractivity contribution in [1.82, 2.24) is 9.71 Å². The Hall–Kier alpha value is -1.35. The Morgan fingerprint density at radius 3 is 2.50 bits per heavy atom. The summed E-state index contributed by atoms with van der Waals surface area (Å²) in [5.74, 6) is 0.432. The van der Waals surface area contributed by atoms with Gasteiger partial charge in [0.05, 0.1) is 10.8 Å². The molecule has 1 saturated carbocycles. The lowest BCUT2D eigenvalue weighted by Gasteiger charge is -2.18. The van der Waals surface area contributed by atoms with Crippen molar-refractivity contribution in [3.63, 3.8) is 0 Å².